The number of aliphatic hydroxyl groups is 1. The first-order chi connectivity index (χ1) is 6.43. The third kappa shape index (κ3) is 5.24. The highest BCUT2D eigenvalue weighted by Gasteiger charge is 2.12. The minimum Gasteiger partial charge on any atom is -0.396 e. The highest BCUT2D eigenvalue weighted by Crippen LogP contribution is 2.17. The summed E-state index contributed by atoms with van der Waals surface area (Å²) in [6.07, 6.45) is 4.58. The lowest BCUT2D eigenvalue weighted by Crippen LogP contribution is -2.23. The molecule has 0 atom stereocenters. The van der Waals surface area contributed by atoms with Crippen LogP contribution in [0.2, 0.25) is 0 Å². The molecular formula is C10H21NO2. The number of ether oxygens (including phenoxy) is 1. The Morgan fingerprint density at radius 1 is 1.23 bits per heavy atom. The van der Waals surface area contributed by atoms with Crippen molar-refractivity contribution in [2.75, 3.05) is 32.9 Å². The first kappa shape index (κ1) is 11.0. The third-order valence-electron chi connectivity index (χ3n) is 2.58. The van der Waals surface area contributed by atoms with Crippen molar-refractivity contribution < 1.29 is 9.84 Å². The van der Waals surface area contributed by atoms with Crippen molar-refractivity contribution in [3.8, 4) is 0 Å². The van der Waals surface area contributed by atoms with Crippen LogP contribution in [0.1, 0.15) is 25.7 Å². The van der Waals surface area contributed by atoms with E-state index in [4.69, 9.17) is 9.84 Å². The first-order valence-electron chi connectivity index (χ1n) is 5.33. The molecule has 0 unspecified atom stereocenters. The van der Waals surface area contributed by atoms with Gasteiger partial charge in [0.25, 0.3) is 0 Å². The van der Waals surface area contributed by atoms with Gasteiger partial charge in [0, 0.05) is 19.8 Å². The average molecular weight is 187 g/mol. The second kappa shape index (κ2) is 7.30. The van der Waals surface area contributed by atoms with E-state index >= 15 is 0 Å². The predicted octanol–water partition coefficient (Wildman–Crippen LogP) is 0.775. The van der Waals surface area contributed by atoms with Gasteiger partial charge in [-0.25, -0.2) is 0 Å². The van der Waals surface area contributed by atoms with Crippen molar-refractivity contribution in [2.24, 2.45) is 5.92 Å². The van der Waals surface area contributed by atoms with Crippen LogP contribution in [0.3, 0.4) is 0 Å². The van der Waals surface area contributed by atoms with Gasteiger partial charge in [0.1, 0.15) is 0 Å². The van der Waals surface area contributed by atoms with E-state index in [-0.39, 0.29) is 0 Å². The number of aliphatic hydroxyl groups excluding tert-OH is 1. The van der Waals surface area contributed by atoms with Crippen molar-refractivity contribution >= 4 is 0 Å². The Kier molecular flexibility index (Phi) is 6.15. The van der Waals surface area contributed by atoms with E-state index < -0.39 is 0 Å². The summed E-state index contributed by atoms with van der Waals surface area (Å²) in [5.74, 6) is 0.857. The van der Waals surface area contributed by atoms with E-state index in [0.717, 1.165) is 38.6 Å². The van der Waals surface area contributed by atoms with Gasteiger partial charge in [0.15, 0.2) is 0 Å². The van der Waals surface area contributed by atoms with Crippen LogP contribution in [-0.2, 0) is 4.74 Å². The van der Waals surface area contributed by atoms with Gasteiger partial charge >= 0.3 is 0 Å². The molecular weight excluding hydrogens is 166 g/mol. The summed E-state index contributed by atoms with van der Waals surface area (Å²) < 4.78 is 5.29. The highest BCUT2D eigenvalue weighted by molar-refractivity contribution is 4.64. The van der Waals surface area contributed by atoms with Gasteiger partial charge in [0.05, 0.1) is 0 Å². The minimum absolute atomic E-state index is 0.296. The molecule has 2 N–H and O–H groups in total. The summed E-state index contributed by atoms with van der Waals surface area (Å²) in [6.45, 7) is 4.22. The molecule has 3 heteroatoms. The summed E-state index contributed by atoms with van der Waals surface area (Å²) in [5, 5.41) is 11.9. The molecule has 0 amide bonds. The number of hydrogen-bond donors (Lipinski definition) is 2. The van der Waals surface area contributed by atoms with Crippen LogP contribution < -0.4 is 5.32 Å². The Labute approximate surface area is 80.5 Å². The lowest BCUT2D eigenvalue weighted by molar-refractivity contribution is 0.0640. The zero-order valence-electron chi connectivity index (χ0n) is 8.30. The first-order valence-corrected chi connectivity index (χ1v) is 5.33. The molecule has 0 aliphatic carbocycles. The maximum atomic E-state index is 8.56. The molecule has 0 radical (unpaired) electrons. The molecule has 0 spiro atoms. The fourth-order valence-corrected chi connectivity index (χ4v) is 1.67. The topological polar surface area (TPSA) is 41.5 Å². The quantitative estimate of drug-likeness (QED) is 0.604. The molecule has 1 aliphatic rings. The summed E-state index contributed by atoms with van der Waals surface area (Å²) in [4.78, 5) is 0. The zero-order chi connectivity index (χ0) is 9.36. The molecule has 0 aromatic rings. The van der Waals surface area contributed by atoms with Gasteiger partial charge in [-0.15, -0.1) is 0 Å². The summed E-state index contributed by atoms with van der Waals surface area (Å²) in [7, 11) is 0. The standard InChI is InChI=1S/C10H21NO2/c12-7-1-5-11-6-2-10-3-8-13-9-4-10/h10-12H,1-9H2. The van der Waals surface area contributed by atoms with Crippen LogP contribution in [0.15, 0.2) is 0 Å². The largest absolute Gasteiger partial charge is 0.396 e. The number of rotatable bonds is 6. The Balaban J connectivity index is 1.86. The van der Waals surface area contributed by atoms with Crippen molar-refractivity contribution in [2.45, 2.75) is 25.7 Å². The fraction of sp³-hybridized carbons (Fsp3) is 1.00. The summed E-state index contributed by atoms with van der Waals surface area (Å²) in [6, 6.07) is 0. The molecule has 0 aromatic heterocycles. The Morgan fingerprint density at radius 2 is 2.00 bits per heavy atom. The summed E-state index contributed by atoms with van der Waals surface area (Å²) in [5.41, 5.74) is 0. The Bertz CT molecular complexity index is 113. The van der Waals surface area contributed by atoms with Crippen molar-refractivity contribution in [1.29, 1.82) is 0 Å². The molecule has 1 saturated heterocycles. The lowest BCUT2D eigenvalue weighted by atomic mass is 9.97. The van der Waals surface area contributed by atoms with Crippen molar-refractivity contribution in [3.63, 3.8) is 0 Å². The van der Waals surface area contributed by atoms with E-state index in [2.05, 4.69) is 5.32 Å². The van der Waals surface area contributed by atoms with Gasteiger partial charge in [0.2, 0.25) is 0 Å². The second-order valence-electron chi connectivity index (χ2n) is 3.67. The number of nitrogens with one attached hydrogen (secondary N) is 1. The Hall–Kier alpha value is -0.120. The SMILES string of the molecule is OCCCNCCC1CCOCC1. The van der Waals surface area contributed by atoms with Crippen LogP contribution in [0.5, 0.6) is 0 Å². The molecule has 0 bridgehead atoms. The fourth-order valence-electron chi connectivity index (χ4n) is 1.67. The minimum atomic E-state index is 0.296. The van der Waals surface area contributed by atoms with E-state index in [1.54, 1.807) is 0 Å². The third-order valence-corrected chi connectivity index (χ3v) is 2.58. The monoisotopic (exact) mass is 187 g/mol. The van der Waals surface area contributed by atoms with Crippen molar-refractivity contribution in [1.82, 2.24) is 5.32 Å². The van der Waals surface area contributed by atoms with Gasteiger partial charge in [-0.2, -0.15) is 0 Å². The van der Waals surface area contributed by atoms with Crippen molar-refractivity contribution in [3.05, 3.63) is 0 Å². The Morgan fingerprint density at radius 3 is 2.69 bits per heavy atom. The molecule has 1 aliphatic heterocycles. The molecule has 3 nitrogen and oxygen atoms in total. The smallest absolute Gasteiger partial charge is 0.0468 e. The molecule has 13 heavy (non-hydrogen) atoms. The maximum Gasteiger partial charge on any atom is 0.0468 e. The molecule has 0 aromatic carbocycles. The number of hydrogen-bond acceptors (Lipinski definition) is 3. The predicted molar refractivity (Wildman–Crippen MR) is 52.7 cm³/mol. The zero-order valence-corrected chi connectivity index (χ0v) is 8.30. The van der Waals surface area contributed by atoms with Crippen LogP contribution >= 0.6 is 0 Å². The molecule has 0 saturated carbocycles. The van der Waals surface area contributed by atoms with E-state index in [1.807, 2.05) is 0 Å². The molecule has 1 rings (SSSR count). The lowest BCUT2D eigenvalue weighted by Gasteiger charge is -2.21. The average Bonchev–Trinajstić information content (AvgIpc) is 2.19. The van der Waals surface area contributed by atoms with Gasteiger partial charge in [-0.05, 0) is 44.7 Å². The molecule has 1 heterocycles. The molecule has 1 fully saturated rings. The van der Waals surface area contributed by atoms with E-state index in [0.29, 0.717) is 6.61 Å². The van der Waals surface area contributed by atoms with Gasteiger partial charge in [-0.1, -0.05) is 0 Å². The molecule has 78 valence electrons. The van der Waals surface area contributed by atoms with Gasteiger partial charge in [-0.3, -0.25) is 0 Å². The van der Waals surface area contributed by atoms with E-state index in [9.17, 15) is 0 Å². The van der Waals surface area contributed by atoms with Crippen LogP contribution in [0.25, 0.3) is 0 Å². The maximum absolute atomic E-state index is 8.56. The normalized spacial score (nSPS) is 19.2. The van der Waals surface area contributed by atoms with Crippen LogP contribution in [0, 0.1) is 5.92 Å². The van der Waals surface area contributed by atoms with Crippen LogP contribution in [-0.4, -0.2) is 38.0 Å². The summed E-state index contributed by atoms with van der Waals surface area (Å²) >= 11 is 0. The second-order valence-corrected chi connectivity index (χ2v) is 3.67. The van der Waals surface area contributed by atoms with Crippen LogP contribution in [0.4, 0.5) is 0 Å². The highest BCUT2D eigenvalue weighted by atomic mass is 16.5. The van der Waals surface area contributed by atoms with E-state index in [1.165, 1.54) is 19.3 Å². The van der Waals surface area contributed by atoms with Gasteiger partial charge < -0.3 is 15.2 Å².